The number of methoxy groups -OCH3 is 1. The lowest BCUT2D eigenvalue weighted by Gasteiger charge is -2.12. The third-order valence-corrected chi connectivity index (χ3v) is 5.11. The zero-order chi connectivity index (χ0) is 18.7. The van der Waals surface area contributed by atoms with Crippen molar-refractivity contribution < 1.29 is 13.9 Å². The van der Waals surface area contributed by atoms with E-state index in [9.17, 15) is 14.0 Å². The summed E-state index contributed by atoms with van der Waals surface area (Å²) in [6, 6.07) is 11.3. The number of rotatable bonds is 5. The van der Waals surface area contributed by atoms with Crippen molar-refractivity contribution >= 4 is 40.2 Å². The summed E-state index contributed by atoms with van der Waals surface area (Å²) in [5, 5.41) is 0.975. The molecule has 3 aromatic rings. The minimum absolute atomic E-state index is 0.164. The maximum Gasteiger partial charge on any atom is 0.325 e. The van der Waals surface area contributed by atoms with Gasteiger partial charge in [-0.15, -0.1) is 0 Å². The highest BCUT2D eigenvalue weighted by atomic mass is 35.5. The van der Waals surface area contributed by atoms with Crippen LogP contribution in [0.25, 0.3) is 10.9 Å². The quantitative estimate of drug-likeness (QED) is 0.377. The molecule has 0 bridgehead atoms. The number of carbonyl (C=O) groups excluding carboxylic acids is 1. The number of para-hydroxylation sites is 1. The predicted molar refractivity (Wildman–Crippen MR) is 99.0 cm³/mol. The van der Waals surface area contributed by atoms with E-state index in [1.165, 1.54) is 23.8 Å². The normalized spacial score (nSPS) is 10.9. The highest BCUT2D eigenvalue weighted by Crippen LogP contribution is 2.28. The molecule has 0 saturated heterocycles. The van der Waals surface area contributed by atoms with Crippen LogP contribution in [-0.4, -0.2) is 22.6 Å². The lowest BCUT2D eigenvalue weighted by atomic mass is 10.2. The van der Waals surface area contributed by atoms with E-state index in [1.807, 2.05) is 0 Å². The Morgan fingerprint density at radius 3 is 2.77 bits per heavy atom. The number of fused-ring (bicyclic) bond motifs is 1. The van der Waals surface area contributed by atoms with Crippen LogP contribution in [0, 0.1) is 5.82 Å². The van der Waals surface area contributed by atoms with Gasteiger partial charge in [0.05, 0.1) is 18.0 Å². The number of thioether (sulfide) groups is 1. The van der Waals surface area contributed by atoms with E-state index in [-0.39, 0.29) is 17.9 Å². The average molecular weight is 393 g/mol. The fraction of sp³-hybridized carbons (Fsp3) is 0.167. The van der Waals surface area contributed by atoms with Gasteiger partial charge >= 0.3 is 5.97 Å². The summed E-state index contributed by atoms with van der Waals surface area (Å²) in [6.07, 6.45) is 0. The number of aromatic nitrogens is 2. The van der Waals surface area contributed by atoms with Crippen LogP contribution in [0.15, 0.2) is 52.4 Å². The summed E-state index contributed by atoms with van der Waals surface area (Å²) in [5.74, 6) is -0.847. The Bertz CT molecular complexity index is 1020. The lowest BCUT2D eigenvalue weighted by Crippen LogP contribution is -2.27. The molecule has 0 unspecified atom stereocenters. The number of hydrogen-bond acceptors (Lipinski definition) is 5. The first-order chi connectivity index (χ1) is 12.5. The van der Waals surface area contributed by atoms with Crippen molar-refractivity contribution in [1.82, 2.24) is 9.55 Å². The third-order valence-electron chi connectivity index (χ3n) is 3.75. The second kappa shape index (κ2) is 7.88. The Hall–Kier alpha value is -2.38. The molecule has 0 aliphatic carbocycles. The van der Waals surface area contributed by atoms with Gasteiger partial charge in [0.1, 0.15) is 12.4 Å². The lowest BCUT2D eigenvalue weighted by molar-refractivity contribution is -0.141. The van der Waals surface area contributed by atoms with Crippen LogP contribution in [0.5, 0.6) is 0 Å². The van der Waals surface area contributed by atoms with Crippen LogP contribution < -0.4 is 5.56 Å². The molecular formula is C18H14ClFN2O3S. The van der Waals surface area contributed by atoms with Crippen LogP contribution >= 0.6 is 23.4 Å². The summed E-state index contributed by atoms with van der Waals surface area (Å²) in [7, 11) is 1.24. The van der Waals surface area contributed by atoms with Gasteiger partial charge in [-0.3, -0.25) is 14.2 Å². The molecule has 0 amide bonds. The van der Waals surface area contributed by atoms with E-state index in [1.54, 1.807) is 30.3 Å². The Morgan fingerprint density at radius 2 is 2.04 bits per heavy atom. The largest absolute Gasteiger partial charge is 0.468 e. The number of benzene rings is 2. The molecule has 0 aliphatic heterocycles. The van der Waals surface area contributed by atoms with Gasteiger partial charge in [-0.25, -0.2) is 9.37 Å². The Morgan fingerprint density at radius 1 is 1.27 bits per heavy atom. The smallest absolute Gasteiger partial charge is 0.325 e. The Balaban J connectivity index is 2.04. The van der Waals surface area contributed by atoms with Crippen molar-refractivity contribution in [3.8, 4) is 0 Å². The molecule has 134 valence electrons. The first kappa shape index (κ1) is 18.4. The summed E-state index contributed by atoms with van der Waals surface area (Å²) < 4.78 is 19.9. The van der Waals surface area contributed by atoms with Gasteiger partial charge < -0.3 is 4.74 Å². The fourth-order valence-electron chi connectivity index (χ4n) is 2.40. The van der Waals surface area contributed by atoms with E-state index in [0.29, 0.717) is 26.6 Å². The summed E-state index contributed by atoms with van der Waals surface area (Å²) in [6.45, 7) is -0.277. The highest BCUT2D eigenvalue weighted by Gasteiger charge is 2.16. The standard InChI is InChI=1S/C18H14ClFN2O3S/c1-25-16(23)9-22-17(24)11-5-2-3-8-15(11)21-18(22)26-10-12-13(19)6-4-7-14(12)20/h2-8H,9-10H2,1H3. The molecule has 0 saturated carbocycles. The summed E-state index contributed by atoms with van der Waals surface area (Å²) in [4.78, 5) is 28.9. The van der Waals surface area contributed by atoms with Crippen LogP contribution in [0.1, 0.15) is 5.56 Å². The number of hydrogen-bond donors (Lipinski definition) is 0. The monoisotopic (exact) mass is 392 g/mol. The topological polar surface area (TPSA) is 61.2 Å². The second-order valence-corrected chi connectivity index (χ2v) is 6.72. The molecule has 1 heterocycles. The van der Waals surface area contributed by atoms with Crippen molar-refractivity contribution in [2.45, 2.75) is 17.5 Å². The molecule has 0 atom stereocenters. The molecule has 2 aromatic carbocycles. The maximum absolute atomic E-state index is 14.0. The van der Waals surface area contributed by atoms with Crippen LogP contribution in [0.3, 0.4) is 0 Å². The molecule has 8 heteroatoms. The van der Waals surface area contributed by atoms with Crippen LogP contribution in [0.2, 0.25) is 5.02 Å². The van der Waals surface area contributed by atoms with E-state index >= 15 is 0 Å². The van der Waals surface area contributed by atoms with Crippen molar-refractivity contribution in [3.63, 3.8) is 0 Å². The number of nitrogens with zero attached hydrogens (tertiary/aromatic N) is 2. The van der Waals surface area contributed by atoms with Gasteiger partial charge in [0, 0.05) is 16.3 Å². The SMILES string of the molecule is COC(=O)Cn1c(SCc2c(F)cccc2Cl)nc2ccccc2c1=O. The molecule has 0 aliphatic rings. The first-order valence-electron chi connectivity index (χ1n) is 7.63. The first-order valence-corrected chi connectivity index (χ1v) is 8.99. The van der Waals surface area contributed by atoms with Gasteiger partial charge in [0.2, 0.25) is 0 Å². The van der Waals surface area contributed by atoms with Crippen molar-refractivity contribution in [2.75, 3.05) is 7.11 Å². The maximum atomic E-state index is 14.0. The number of halogens is 2. The fourth-order valence-corrected chi connectivity index (χ4v) is 3.74. The molecule has 0 spiro atoms. The molecular weight excluding hydrogens is 379 g/mol. The minimum Gasteiger partial charge on any atom is -0.468 e. The van der Waals surface area contributed by atoms with Crippen molar-refractivity contribution in [1.29, 1.82) is 0 Å². The number of ether oxygens (including phenoxy) is 1. The molecule has 0 radical (unpaired) electrons. The average Bonchev–Trinajstić information content (AvgIpc) is 2.64. The molecule has 26 heavy (non-hydrogen) atoms. The van der Waals surface area contributed by atoms with Crippen molar-refractivity contribution in [2.24, 2.45) is 0 Å². The van der Waals surface area contributed by atoms with E-state index in [0.717, 1.165) is 11.8 Å². The molecule has 5 nitrogen and oxygen atoms in total. The van der Waals surface area contributed by atoms with Crippen molar-refractivity contribution in [3.05, 3.63) is 69.2 Å². The minimum atomic E-state index is -0.574. The van der Waals surface area contributed by atoms with Gasteiger partial charge in [0.25, 0.3) is 5.56 Å². The molecule has 0 N–H and O–H groups in total. The third kappa shape index (κ3) is 3.73. The zero-order valence-corrected chi connectivity index (χ0v) is 15.3. The van der Waals surface area contributed by atoms with Crippen LogP contribution in [-0.2, 0) is 21.8 Å². The van der Waals surface area contributed by atoms with Gasteiger partial charge in [-0.1, -0.05) is 41.6 Å². The van der Waals surface area contributed by atoms with Gasteiger partial charge in [-0.2, -0.15) is 0 Å². The highest BCUT2D eigenvalue weighted by molar-refractivity contribution is 7.98. The predicted octanol–water partition coefficient (Wildman–Crippen LogP) is 3.65. The molecule has 0 fully saturated rings. The van der Waals surface area contributed by atoms with E-state index in [2.05, 4.69) is 9.72 Å². The zero-order valence-electron chi connectivity index (χ0n) is 13.7. The summed E-state index contributed by atoms with van der Waals surface area (Å²) in [5.41, 5.74) is 0.454. The Kier molecular flexibility index (Phi) is 5.58. The number of carbonyl (C=O) groups is 1. The van der Waals surface area contributed by atoms with Crippen LogP contribution in [0.4, 0.5) is 4.39 Å². The summed E-state index contributed by atoms with van der Waals surface area (Å²) >= 11 is 7.18. The van der Waals surface area contributed by atoms with E-state index in [4.69, 9.17) is 11.6 Å². The number of esters is 1. The second-order valence-electron chi connectivity index (χ2n) is 5.37. The molecule has 1 aromatic heterocycles. The van der Waals surface area contributed by atoms with E-state index < -0.39 is 11.8 Å². The van der Waals surface area contributed by atoms with Gasteiger partial charge in [-0.05, 0) is 24.3 Å². The molecule has 3 rings (SSSR count). The Labute approximate surface area is 157 Å². The van der Waals surface area contributed by atoms with Gasteiger partial charge in [0.15, 0.2) is 5.16 Å².